The average Bonchev–Trinajstić information content (AvgIpc) is 3.15. The van der Waals surface area contributed by atoms with E-state index < -0.39 is 0 Å². The summed E-state index contributed by atoms with van der Waals surface area (Å²) in [6, 6.07) is 6.52. The fourth-order valence-electron chi connectivity index (χ4n) is 5.40. The largest absolute Gasteiger partial charge is 0.489 e. The summed E-state index contributed by atoms with van der Waals surface area (Å²) in [7, 11) is 0. The van der Waals surface area contributed by atoms with Crippen molar-refractivity contribution in [3.8, 4) is 5.75 Å². The zero-order valence-corrected chi connectivity index (χ0v) is 16.9. The topological polar surface area (TPSA) is 37.7 Å². The van der Waals surface area contributed by atoms with Crippen LogP contribution in [0.15, 0.2) is 24.4 Å². The third-order valence-electron chi connectivity index (χ3n) is 7.11. The molecule has 1 aliphatic carbocycles. The summed E-state index contributed by atoms with van der Waals surface area (Å²) in [5, 5.41) is 1.06. The highest BCUT2D eigenvalue weighted by Crippen LogP contribution is 2.42. The molecule has 1 saturated carbocycles. The lowest BCUT2D eigenvalue weighted by Crippen LogP contribution is -2.48. The minimum atomic E-state index is 0.181. The Morgan fingerprint density at radius 1 is 1.11 bits per heavy atom. The molecule has 5 rings (SSSR count). The molecule has 0 bridgehead atoms. The zero-order valence-electron chi connectivity index (χ0n) is 16.9. The minimum Gasteiger partial charge on any atom is -0.489 e. The van der Waals surface area contributed by atoms with Crippen LogP contribution in [0.3, 0.4) is 0 Å². The molecule has 1 amide bonds. The first kappa shape index (κ1) is 18.0. The molecule has 1 saturated heterocycles. The van der Waals surface area contributed by atoms with Gasteiger partial charge in [-0.3, -0.25) is 4.79 Å². The summed E-state index contributed by atoms with van der Waals surface area (Å²) in [4.78, 5) is 17.8. The molecule has 2 aliphatic heterocycles. The molecule has 0 spiro atoms. The van der Waals surface area contributed by atoms with Crippen molar-refractivity contribution in [1.29, 1.82) is 0 Å². The molecular formula is C23H31N3O2. The number of hydrogen-bond donors (Lipinski definition) is 0. The lowest BCUT2D eigenvalue weighted by molar-refractivity contribution is 0.0644. The molecule has 0 N–H and O–H groups in total. The molecule has 5 nitrogen and oxygen atoms in total. The standard InChI is InChI=1S/C23H31N3O2/c1-2-24-11-13-25(14-12-24)23(27)19-15-26-20(17-7-4-3-5-8-17)16-28-21-10-6-9-18(19)22(21)26/h6,9-10,15,17,20H,2-5,7-8,11-14,16H2,1H3/t20-/m1/s1. The third kappa shape index (κ3) is 3.00. The summed E-state index contributed by atoms with van der Waals surface area (Å²) < 4.78 is 8.56. The van der Waals surface area contributed by atoms with Crippen LogP contribution in [0.1, 0.15) is 55.4 Å². The molecule has 0 unspecified atom stereocenters. The smallest absolute Gasteiger partial charge is 0.256 e. The summed E-state index contributed by atoms with van der Waals surface area (Å²) in [5.74, 6) is 1.77. The molecule has 1 atom stereocenters. The van der Waals surface area contributed by atoms with Gasteiger partial charge in [-0.15, -0.1) is 0 Å². The van der Waals surface area contributed by atoms with E-state index in [-0.39, 0.29) is 5.91 Å². The molecule has 3 heterocycles. The van der Waals surface area contributed by atoms with E-state index in [4.69, 9.17) is 4.74 Å². The van der Waals surface area contributed by atoms with Gasteiger partial charge in [0, 0.05) is 37.8 Å². The van der Waals surface area contributed by atoms with Gasteiger partial charge in [-0.1, -0.05) is 38.3 Å². The van der Waals surface area contributed by atoms with Crippen LogP contribution in [0, 0.1) is 5.92 Å². The molecule has 150 valence electrons. The van der Waals surface area contributed by atoms with Crippen molar-refractivity contribution in [3.63, 3.8) is 0 Å². The van der Waals surface area contributed by atoms with Gasteiger partial charge in [0.25, 0.3) is 5.91 Å². The van der Waals surface area contributed by atoms with E-state index in [9.17, 15) is 4.79 Å². The van der Waals surface area contributed by atoms with Crippen molar-refractivity contribution >= 4 is 16.8 Å². The summed E-state index contributed by atoms with van der Waals surface area (Å²) in [6.45, 7) is 7.57. The number of rotatable bonds is 3. The quantitative estimate of drug-likeness (QED) is 0.808. The van der Waals surface area contributed by atoms with Crippen molar-refractivity contribution in [1.82, 2.24) is 14.4 Å². The van der Waals surface area contributed by atoms with Gasteiger partial charge in [-0.25, -0.2) is 0 Å². The van der Waals surface area contributed by atoms with Crippen LogP contribution in [0.4, 0.5) is 0 Å². The maximum absolute atomic E-state index is 13.4. The zero-order chi connectivity index (χ0) is 19.1. The molecule has 2 fully saturated rings. The first-order chi connectivity index (χ1) is 13.8. The maximum atomic E-state index is 13.4. The Bertz CT molecular complexity index is 860. The SMILES string of the molecule is CCN1CCN(C(=O)c2cn3c4c(cccc24)OC[C@@H]3C2CCCCC2)CC1. The number of ether oxygens (including phenoxy) is 1. The average molecular weight is 382 g/mol. The molecule has 1 aromatic carbocycles. The number of carbonyl (C=O) groups excluding carboxylic acids is 1. The molecule has 3 aliphatic rings. The first-order valence-corrected chi connectivity index (χ1v) is 11.0. The van der Waals surface area contributed by atoms with Crippen molar-refractivity contribution in [2.24, 2.45) is 5.92 Å². The number of benzene rings is 1. The Morgan fingerprint density at radius 2 is 1.89 bits per heavy atom. The second-order valence-electron chi connectivity index (χ2n) is 8.61. The summed E-state index contributed by atoms with van der Waals surface area (Å²) in [6.07, 6.45) is 8.69. The lowest BCUT2D eigenvalue weighted by atomic mass is 9.83. The van der Waals surface area contributed by atoms with Gasteiger partial charge in [0.2, 0.25) is 0 Å². The van der Waals surface area contributed by atoms with Crippen LogP contribution in [-0.4, -0.2) is 59.6 Å². The van der Waals surface area contributed by atoms with Gasteiger partial charge in [0.05, 0.1) is 17.1 Å². The van der Waals surface area contributed by atoms with E-state index in [1.807, 2.05) is 17.0 Å². The number of amides is 1. The van der Waals surface area contributed by atoms with E-state index in [0.29, 0.717) is 12.0 Å². The molecular weight excluding hydrogens is 350 g/mol. The number of aromatic nitrogens is 1. The highest BCUT2D eigenvalue weighted by Gasteiger charge is 2.33. The fourth-order valence-corrected chi connectivity index (χ4v) is 5.40. The van der Waals surface area contributed by atoms with Gasteiger partial charge in [0.1, 0.15) is 12.4 Å². The Labute approximate surface area is 167 Å². The predicted octanol–water partition coefficient (Wildman–Crippen LogP) is 3.93. The molecule has 28 heavy (non-hydrogen) atoms. The van der Waals surface area contributed by atoms with Crippen LogP contribution in [-0.2, 0) is 0 Å². The van der Waals surface area contributed by atoms with Crippen LogP contribution in [0.5, 0.6) is 5.75 Å². The van der Waals surface area contributed by atoms with Crippen molar-refractivity contribution in [2.45, 2.75) is 45.1 Å². The van der Waals surface area contributed by atoms with E-state index in [2.05, 4.69) is 28.7 Å². The number of likely N-dealkylation sites (N-methyl/N-ethyl adjacent to an activating group) is 1. The van der Waals surface area contributed by atoms with E-state index >= 15 is 0 Å². The number of nitrogens with zero attached hydrogens (tertiary/aromatic N) is 3. The first-order valence-electron chi connectivity index (χ1n) is 11.0. The molecule has 5 heteroatoms. The van der Waals surface area contributed by atoms with Gasteiger partial charge in [-0.05, 0) is 31.4 Å². The molecule has 0 radical (unpaired) electrons. The minimum absolute atomic E-state index is 0.181. The van der Waals surface area contributed by atoms with Gasteiger partial charge in [-0.2, -0.15) is 0 Å². The fraction of sp³-hybridized carbons (Fsp3) is 0.609. The number of para-hydroxylation sites is 1. The Morgan fingerprint density at radius 3 is 2.64 bits per heavy atom. The van der Waals surface area contributed by atoms with Crippen molar-refractivity contribution in [3.05, 3.63) is 30.0 Å². The van der Waals surface area contributed by atoms with E-state index in [0.717, 1.165) is 61.5 Å². The predicted molar refractivity (Wildman–Crippen MR) is 111 cm³/mol. The second-order valence-corrected chi connectivity index (χ2v) is 8.61. The number of carbonyl (C=O) groups is 1. The van der Waals surface area contributed by atoms with Crippen LogP contribution in [0.2, 0.25) is 0 Å². The number of piperazine rings is 1. The Hall–Kier alpha value is -2.01. The van der Waals surface area contributed by atoms with Gasteiger partial charge < -0.3 is 19.1 Å². The summed E-state index contributed by atoms with van der Waals surface area (Å²) in [5.41, 5.74) is 1.98. The van der Waals surface area contributed by atoms with Crippen LogP contribution in [0.25, 0.3) is 10.9 Å². The molecule has 1 aromatic heterocycles. The van der Waals surface area contributed by atoms with Gasteiger partial charge in [0.15, 0.2) is 0 Å². The Balaban J connectivity index is 1.49. The second kappa shape index (κ2) is 7.43. The van der Waals surface area contributed by atoms with Crippen molar-refractivity contribution in [2.75, 3.05) is 39.3 Å². The number of hydrogen-bond acceptors (Lipinski definition) is 3. The highest BCUT2D eigenvalue weighted by atomic mass is 16.5. The normalized spacial score (nSPS) is 23.8. The van der Waals surface area contributed by atoms with Gasteiger partial charge >= 0.3 is 0 Å². The lowest BCUT2D eigenvalue weighted by Gasteiger charge is -2.34. The molecule has 2 aromatic rings. The van der Waals surface area contributed by atoms with E-state index in [1.54, 1.807) is 0 Å². The van der Waals surface area contributed by atoms with Crippen LogP contribution < -0.4 is 4.74 Å². The Kier molecular flexibility index (Phi) is 4.79. The highest BCUT2D eigenvalue weighted by molar-refractivity contribution is 6.08. The van der Waals surface area contributed by atoms with Crippen molar-refractivity contribution < 1.29 is 9.53 Å². The third-order valence-corrected chi connectivity index (χ3v) is 7.11. The maximum Gasteiger partial charge on any atom is 0.256 e. The monoisotopic (exact) mass is 381 g/mol. The van der Waals surface area contributed by atoms with Crippen LogP contribution >= 0.6 is 0 Å². The summed E-state index contributed by atoms with van der Waals surface area (Å²) >= 11 is 0. The van der Waals surface area contributed by atoms with E-state index in [1.165, 1.54) is 32.1 Å².